The van der Waals surface area contributed by atoms with Gasteiger partial charge in [0.1, 0.15) is 6.61 Å². The maximum Gasteiger partial charge on any atom is 0.302 e. The van der Waals surface area contributed by atoms with Crippen LogP contribution in [0.5, 0.6) is 0 Å². The number of carbonyl (C=O) groups is 1. The summed E-state index contributed by atoms with van der Waals surface area (Å²) < 4.78 is 31.7. The highest BCUT2D eigenvalue weighted by Crippen LogP contribution is 2.26. The molecule has 1 aliphatic rings. The highest BCUT2D eigenvalue weighted by Gasteiger charge is 2.30. The van der Waals surface area contributed by atoms with E-state index in [4.69, 9.17) is 4.74 Å². The first kappa shape index (κ1) is 18.2. The number of hydrogen-bond donors (Lipinski definition) is 0. The normalized spacial score (nSPS) is 15.9. The summed E-state index contributed by atoms with van der Waals surface area (Å²) in [4.78, 5) is 11.0. The summed E-state index contributed by atoms with van der Waals surface area (Å²) in [5.74, 6) is -0.354. The topological polar surface area (TPSA) is 63.7 Å². The molecule has 0 radical (unpaired) electrons. The van der Waals surface area contributed by atoms with Crippen LogP contribution in [0.1, 0.15) is 12.5 Å². The van der Waals surface area contributed by atoms with Gasteiger partial charge in [-0.25, -0.2) is 8.42 Å². The predicted molar refractivity (Wildman–Crippen MR) is 92.9 cm³/mol. The van der Waals surface area contributed by atoms with Crippen LogP contribution in [0.25, 0.3) is 0 Å². The Balaban J connectivity index is 2.14. The van der Waals surface area contributed by atoms with Crippen LogP contribution in [-0.2, 0) is 19.6 Å². The summed E-state index contributed by atoms with van der Waals surface area (Å²) in [7, 11) is -3.55. The molecule has 0 atom stereocenters. The fourth-order valence-electron chi connectivity index (χ4n) is 2.38. The van der Waals surface area contributed by atoms with E-state index in [1.54, 1.807) is 42.5 Å². The van der Waals surface area contributed by atoms with Crippen molar-refractivity contribution < 1.29 is 17.9 Å². The molecule has 2 rings (SSSR count). The number of nitrogens with zero attached hydrogens (tertiary/aromatic N) is 1. The van der Waals surface area contributed by atoms with Crippen molar-refractivity contribution in [2.75, 3.05) is 19.7 Å². The molecular weight excluding hydrogens is 326 g/mol. The molecule has 0 aliphatic carbocycles. The van der Waals surface area contributed by atoms with Gasteiger partial charge in [-0.2, -0.15) is 4.31 Å². The van der Waals surface area contributed by atoms with Crippen molar-refractivity contribution in [1.82, 2.24) is 4.31 Å². The van der Waals surface area contributed by atoms with Crippen LogP contribution in [-0.4, -0.2) is 38.4 Å². The quantitative estimate of drug-likeness (QED) is 0.742. The Kier molecular flexibility index (Phi) is 5.75. The van der Waals surface area contributed by atoms with Crippen LogP contribution in [0.3, 0.4) is 0 Å². The van der Waals surface area contributed by atoms with Crippen LogP contribution in [0.4, 0.5) is 0 Å². The van der Waals surface area contributed by atoms with Crippen molar-refractivity contribution in [2.24, 2.45) is 0 Å². The molecule has 0 aromatic heterocycles. The zero-order chi connectivity index (χ0) is 17.7. The summed E-state index contributed by atoms with van der Waals surface area (Å²) in [5, 5.41) is 0. The van der Waals surface area contributed by atoms with Gasteiger partial charge < -0.3 is 4.74 Å². The first-order valence-corrected chi connectivity index (χ1v) is 9.00. The fraction of sp³-hybridized carbons (Fsp3) is 0.278. The predicted octanol–water partition coefficient (Wildman–Crippen LogP) is 2.60. The molecule has 0 unspecified atom stereocenters. The monoisotopic (exact) mass is 347 g/mol. The van der Waals surface area contributed by atoms with Gasteiger partial charge in [-0.3, -0.25) is 4.79 Å². The Morgan fingerprint density at radius 1 is 1.25 bits per heavy atom. The summed E-state index contributed by atoms with van der Waals surface area (Å²) in [6.45, 7) is 7.72. The van der Waals surface area contributed by atoms with Crippen molar-refractivity contribution in [2.45, 2.75) is 18.7 Å². The second-order valence-corrected chi connectivity index (χ2v) is 7.48. The van der Waals surface area contributed by atoms with Gasteiger partial charge in [0.05, 0.1) is 4.90 Å². The number of sulfonamides is 1. The van der Waals surface area contributed by atoms with Gasteiger partial charge in [0.25, 0.3) is 0 Å². The number of aryl methyl sites for hydroxylation is 1. The molecule has 24 heavy (non-hydrogen) atoms. The van der Waals surface area contributed by atoms with E-state index in [2.05, 4.69) is 6.58 Å². The lowest BCUT2D eigenvalue weighted by Gasteiger charge is -2.16. The maximum absolute atomic E-state index is 12.7. The average Bonchev–Trinajstić information content (AvgIpc) is 2.96. The third-order valence-corrected chi connectivity index (χ3v) is 5.52. The van der Waals surface area contributed by atoms with Crippen molar-refractivity contribution in [1.29, 1.82) is 0 Å². The fourth-order valence-corrected chi connectivity index (χ4v) is 3.78. The molecule has 1 aromatic rings. The molecule has 0 saturated heterocycles. The molecule has 1 aromatic carbocycles. The van der Waals surface area contributed by atoms with E-state index in [0.717, 1.165) is 16.7 Å². The van der Waals surface area contributed by atoms with E-state index in [-0.39, 0.29) is 30.6 Å². The minimum atomic E-state index is -3.55. The molecule has 0 fully saturated rings. The Morgan fingerprint density at radius 3 is 2.46 bits per heavy atom. The first-order valence-electron chi connectivity index (χ1n) is 7.56. The molecule has 0 spiro atoms. The number of rotatable bonds is 6. The molecule has 5 nitrogen and oxygen atoms in total. The lowest BCUT2D eigenvalue weighted by atomic mass is 10.1. The highest BCUT2D eigenvalue weighted by atomic mass is 32.2. The first-order chi connectivity index (χ1) is 11.3. The lowest BCUT2D eigenvalue weighted by Crippen LogP contribution is -2.29. The Bertz CT molecular complexity index is 789. The molecule has 128 valence electrons. The van der Waals surface area contributed by atoms with Crippen LogP contribution in [0, 0.1) is 6.92 Å². The number of hydrogen-bond acceptors (Lipinski definition) is 4. The highest BCUT2D eigenvalue weighted by molar-refractivity contribution is 7.89. The number of carbonyl (C=O) groups excluding carboxylic acids is 1. The molecule has 0 saturated carbocycles. The summed E-state index contributed by atoms with van der Waals surface area (Å²) in [6, 6.07) is 6.80. The van der Waals surface area contributed by atoms with Crippen molar-refractivity contribution >= 4 is 16.0 Å². The molecule has 0 amide bonds. The summed E-state index contributed by atoms with van der Waals surface area (Å²) >= 11 is 0. The second kappa shape index (κ2) is 7.59. The molecule has 1 aliphatic heterocycles. The van der Waals surface area contributed by atoms with Crippen LogP contribution < -0.4 is 0 Å². The molecule has 1 heterocycles. The largest absolute Gasteiger partial charge is 0.462 e. The molecule has 0 N–H and O–H groups in total. The lowest BCUT2D eigenvalue weighted by molar-refractivity contribution is -0.139. The van der Waals surface area contributed by atoms with Crippen molar-refractivity contribution in [3.63, 3.8) is 0 Å². The van der Waals surface area contributed by atoms with Gasteiger partial charge in [-0.1, -0.05) is 36.4 Å². The number of esters is 1. The van der Waals surface area contributed by atoms with Crippen LogP contribution in [0.15, 0.2) is 65.1 Å². The summed E-state index contributed by atoms with van der Waals surface area (Å²) in [5.41, 5.74) is 2.71. The third kappa shape index (κ3) is 4.21. The van der Waals surface area contributed by atoms with Gasteiger partial charge in [0.2, 0.25) is 10.0 Å². The van der Waals surface area contributed by atoms with Crippen LogP contribution in [0.2, 0.25) is 0 Å². The molecule has 0 bridgehead atoms. The Hall–Kier alpha value is -2.18. The van der Waals surface area contributed by atoms with E-state index in [0.29, 0.717) is 0 Å². The van der Waals surface area contributed by atoms with Crippen LogP contribution >= 0.6 is 0 Å². The molecule has 6 heteroatoms. The average molecular weight is 347 g/mol. The summed E-state index contributed by atoms with van der Waals surface area (Å²) in [6.07, 6.45) is 5.14. The van der Waals surface area contributed by atoms with E-state index in [1.807, 2.05) is 6.92 Å². The van der Waals surface area contributed by atoms with Crippen molar-refractivity contribution in [3.05, 3.63) is 65.8 Å². The zero-order valence-corrected chi connectivity index (χ0v) is 14.7. The SMILES string of the molecule is C=CC1=C(/C=C/COC(C)=O)CN(S(=O)(=O)c2ccc(C)cc2)C1. The van der Waals surface area contributed by atoms with Gasteiger partial charge in [-0.15, -0.1) is 0 Å². The zero-order valence-electron chi connectivity index (χ0n) is 13.9. The van der Waals surface area contributed by atoms with E-state index < -0.39 is 10.0 Å². The Morgan fingerprint density at radius 2 is 1.88 bits per heavy atom. The molecular formula is C18H21NO4S. The third-order valence-electron chi connectivity index (χ3n) is 3.71. The minimum Gasteiger partial charge on any atom is -0.462 e. The smallest absolute Gasteiger partial charge is 0.302 e. The van der Waals surface area contributed by atoms with Gasteiger partial charge in [-0.05, 0) is 36.3 Å². The number of benzene rings is 1. The number of ether oxygens (including phenoxy) is 1. The Labute approximate surface area is 143 Å². The second-order valence-electron chi connectivity index (χ2n) is 5.55. The van der Waals surface area contributed by atoms with E-state index in [9.17, 15) is 13.2 Å². The van der Waals surface area contributed by atoms with Gasteiger partial charge in [0.15, 0.2) is 0 Å². The standard InChI is InChI=1S/C18H21NO4S/c1-4-16-12-19(13-17(16)6-5-11-23-15(3)20)24(21,22)18-9-7-14(2)8-10-18/h4-10H,1,11-13H2,2-3H3/b6-5+. The maximum atomic E-state index is 12.7. The minimum absolute atomic E-state index is 0.161. The van der Waals surface area contributed by atoms with Crippen molar-refractivity contribution in [3.8, 4) is 0 Å². The van der Waals surface area contributed by atoms with Gasteiger partial charge in [0, 0.05) is 20.0 Å². The van der Waals surface area contributed by atoms with E-state index in [1.165, 1.54) is 11.2 Å². The van der Waals surface area contributed by atoms with Gasteiger partial charge >= 0.3 is 5.97 Å². The van der Waals surface area contributed by atoms with E-state index >= 15 is 0 Å².